The van der Waals surface area contributed by atoms with Crippen LogP contribution >= 0.6 is 0 Å². The van der Waals surface area contributed by atoms with Crippen LogP contribution in [0.25, 0.3) is 12.2 Å². The molecule has 0 aliphatic carbocycles. The van der Waals surface area contributed by atoms with Gasteiger partial charge in [0.2, 0.25) is 10.4 Å². The van der Waals surface area contributed by atoms with Crippen molar-refractivity contribution < 1.29 is 46.7 Å². The molecule has 0 aromatic heterocycles. The number of nitrogens with zero attached hydrogens (tertiary/aromatic N) is 1. The normalized spacial score (nSPS) is 12.8. The Labute approximate surface area is 164 Å². The van der Waals surface area contributed by atoms with E-state index in [9.17, 15) is 13.0 Å². The molecule has 5 nitrogen and oxygen atoms in total. The maximum Gasteiger partial charge on any atom is 1.00 e. The minimum absolute atomic E-state index is 0. The summed E-state index contributed by atoms with van der Waals surface area (Å²) in [6, 6.07) is 16.0. The number of rotatable bonds is 5. The van der Waals surface area contributed by atoms with E-state index in [0.717, 1.165) is 22.5 Å². The number of hydrogen-bond donors (Lipinski definition) is 0. The van der Waals surface area contributed by atoms with Crippen molar-refractivity contribution in [3.63, 3.8) is 0 Å². The molecule has 0 fully saturated rings. The Morgan fingerprint density at radius 1 is 0.917 bits per heavy atom. The number of benzene rings is 2. The first-order valence-corrected chi connectivity index (χ1v) is 8.62. The summed E-state index contributed by atoms with van der Waals surface area (Å²) in [6.45, 7) is 0.422. The second-order valence-electron chi connectivity index (χ2n) is 5.19. The van der Waals surface area contributed by atoms with Crippen LogP contribution in [-0.2, 0) is 14.6 Å². The van der Waals surface area contributed by atoms with Crippen molar-refractivity contribution in [3.05, 3.63) is 59.7 Å². The summed E-state index contributed by atoms with van der Waals surface area (Å²) in [4.78, 5) is 2.12. The maximum absolute atomic E-state index is 10.5. The minimum atomic E-state index is -4.64. The standard InChI is InChI=1S/C17H17NO4S.Na/c19-23(20,21)22-13-5-12-18-16-8-3-1-6-14(16)10-11-15-7-2-4-9-17(15)18;/h1-4,6-11H,5,12-13H2,(H,19,20,21);/q;+1/p-1. The van der Waals surface area contributed by atoms with Crippen LogP contribution < -0.4 is 34.5 Å². The van der Waals surface area contributed by atoms with E-state index in [4.69, 9.17) is 0 Å². The average Bonchev–Trinajstić information content (AvgIpc) is 2.68. The van der Waals surface area contributed by atoms with Gasteiger partial charge in [0.05, 0.1) is 6.61 Å². The molecule has 0 unspecified atom stereocenters. The fourth-order valence-electron chi connectivity index (χ4n) is 2.68. The summed E-state index contributed by atoms with van der Waals surface area (Å²) in [5.74, 6) is 0. The Morgan fingerprint density at radius 2 is 1.42 bits per heavy atom. The first kappa shape index (κ1) is 19.2. The van der Waals surface area contributed by atoms with Crippen molar-refractivity contribution in [3.8, 4) is 0 Å². The molecule has 0 N–H and O–H groups in total. The zero-order valence-electron chi connectivity index (χ0n) is 13.4. The molecule has 2 aromatic rings. The third-order valence-electron chi connectivity index (χ3n) is 3.65. The molecular formula is C17H16NNaO4S. The van der Waals surface area contributed by atoms with Gasteiger partial charge in [0.1, 0.15) is 0 Å². The zero-order chi connectivity index (χ0) is 16.3. The molecular weight excluding hydrogens is 337 g/mol. The molecule has 1 aliphatic heterocycles. The van der Waals surface area contributed by atoms with Gasteiger partial charge >= 0.3 is 29.6 Å². The zero-order valence-corrected chi connectivity index (χ0v) is 16.2. The van der Waals surface area contributed by atoms with Gasteiger partial charge in [0, 0.05) is 17.9 Å². The summed E-state index contributed by atoms with van der Waals surface area (Å²) in [5.41, 5.74) is 4.25. The molecule has 3 rings (SSSR count). The van der Waals surface area contributed by atoms with Crippen LogP contribution in [0.5, 0.6) is 0 Å². The number of fused-ring (bicyclic) bond motifs is 2. The van der Waals surface area contributed by atoms with E-state index in [1.54, 1.807) is 0 Å². The van der Waals surface area contributed by atoms with Crippen LogP contribution in [0.3, 0.4) is 0 Å². The van der Waals surface area contributed by atoms with Gasteiger partial charge in [-0.25, -0.2) is 8.42 Å². The van der Waals surface area contributed by atoms with Gasteiger partial charge < -0.3 is 9.45 Å². The molecule has 2 aromatic carbocycles. The molecule has 0 saturated carbocycles. The number of para-hydroxylation sites is 2. The van der Waals surface area contributed by atoms with Gasteiger partial charge in [0.15, 0.2) is 0 Å². The second-order valence-corrected chi connectivity index (χ2v) is 6.24. The summed E-state index contributed by atoms with van der Waals surface area (Å²) >= 11 is 0. The van der Waals surface area contributed by atoms with E-state index in [1.165, 1.54) is 0 Å². The van der Waals surface area contributed by atoms with Crippen molar-refractivity contribution in [2.75, 3.05) is 18.1 Å². The van der Waals surface area contributed by atoms with Crippen molar-refractivity contribution in [1.29, 1.82) is 0 Å². The third kappa shape index (κ3) is 4.69. The van der Waals surface area contributed by atoms with Crippen molar-refractivity contribution in [2.45, 2.75) is 6.42 Å². The summed E-state index contributed by atoms with van der Waals surface area (Å²) < 4.78 is 35.9. The topological polar surface area (TPSA) is 69.7 Å². The van der Waals surface area contributed by atoms with E-state index in [2.05, 4.69) is 21.2 Å². The van der Waals surface area contributed by atoms with Crippen molar-refractivity contribution >= 4 is 33.9 Å². The van der Waals surface area contributed by atoms with E-state index in [0.29, 0.717) is 13.0 Å². The first-order valence-electron chi connectivity index (χ1n) is 7.28. The number of anilines is 2. The van der Waals surface area contributed by atoms with Gasteiger partial charge in [-0.05, 0) is 29.7 Å². The molecule has 0 saturated heterocycles. The molecule has 24 heavy (non-hydrogen) atoms. The van der Waals surface area contributed by atoms with Gasteiger partial charge in [-0.3, -0.25) is 4.18 Å². The summed E-state index contributed by atoms with van der Waals surface area (Å²) in [6.07, 6.45) is 4.55. The van der Waals surface area contributed by atoms with Crippen LogP contribution in [0.4, 0.5) is 11.4 Å². The average molecular weight is 353 g/mol. The fraction of sp³-hybridized carbons (Fsp3) is 0.176. The van der Waals surface area contributed by atoms with Gasteiger partial charge in [-0.2, -0.15) is 0 Å². The van der Waals surface area contributed by atoms with E-state index >= 15 is 0 Å². The Balaban J connectivity index is 0.00000208. The van der Waals surface area contributed by atoms with Crippen LogP contribution in [0.2, 0.25) is 0 Å². The molecule has 7 heteroatoms. The monoisotopic (exact) mass is 353 g/mol. The van der Waals surface area contributed by atoms with Gasteiger partial charge in [-0.15, -0.1) is 0 Å². The fourth-order valence-corrected chi connectivity index (χ4v) is 3.00. The molecule has 0 bridgehead atoms. The quantitative estimate of drug-likeness (QED) is 0.332. The SMILES string of the molecule is O=S(=O)([O-])OCCCN1c2ccccc2C=Cc2ccccc21.[Na+]. The Kier molecular flexibility index (Phi) is 6.62. The van der Waals surface area contributed by atoms with E-state index in [-0.39, 0.29) is 36.2 Å². The Hall–Kier alpha value is -1.15. The van der Waals surface area contributed by atoms with Crippen LogP contribution in [0.15, 0.2) is 48.5 Å². The molecule has 0 spiro atoms. The predicted octanol–water partition coefficient (Wildman–Crippen LogP) is 0.179. The Bertz CT molecular complexity index is 786. The maximum atomic E-state index is 10.5. The smallest absolute Gasteiger partial charge is 0.726 e. The molecule has 120 valence electrons. The second kappa shape index (κ2) is 8.29. The summed E-state index contributed by atoms with van der Waals surface area (Å²) in [5, 5.41) is 0. The first-order chi connectivity index (χ1) is 11.0. The molecule has 1 aliphatic rings. The molecule has 0 radical (unpaired) electrons. The number of hydrogen-bond acceptors (Lipinski definition) is 5. The molecule has 1 heterocycles. The molecule has 0 atom stereocenters. The predicted molar refractivity (Wildman–Crippen MR) is 89.1 cm³/mol. The van der Waals surface area contributed by atoms with Crippen molar-refractivity contribution in [2.24, 2.45) is 0 Å². The van der Waals surface area contributed by atoms with E-state index < -0.39 is 10.4 Å². The van der Waals surface area contributed by atoms with Crippen LogP contribution in [0, 0.1) is 0 Å². The van der Waals surface area contributed by atoms with Gasteiger partial charge in [0.25, 0.3) is 0 Å². The largest absolute Gasteiger partial charge is 1.00 e. The minimum Gasteiger partial charge on any atom is -0.726 e. The molecule has 0 amide bonds. The van der Waals surface area contributed by atoms with E-state index in [1.807, 2.05) is 48.5 Å². The Morgan fingerprint density at radius 3 is 1.92 bits per heavy atom. The van der Waals surface area contributed by atoms with Crippen LogP contribution in [-0.4, -0.2) is 26.1 Å². The summed E-state index contributed by atoms with van der Waals surface area (Å²) in [7, 11) is -4.64. The third-order valence-corrected chi connectivity index (χ3v) is 4.11. The van der Waals surface area contributed by atoms with Crippen molar-refractivity contribution in [1.82, 2.24) is 0 Å². The van der Waals surface area contributed by atoms with Crippen LogP contribution in [0.1, 0.15) is 17.5 Å². The van der Waals surface area contributed by atoms with Gasteiger partial charge in [-0.1, -0.05) is 48.6 Å².